The highest BCUT2D eigenvalue weighted by molar-refractivity contribution is 5.86. The van der Waals surface area contributed by atoms with Crippen molar-refractivity contribution in [1.29, 1.82) is 0 Å². The minimum Gasteiger partial charge on any atom is -0.481 e. The van der Waals surface area contributed by atoms with Crippen LogP contribution in [0.3, 0.4) is 0 Å². The predicted octanol–water partition coefficient (Wildman–Crippen LogP) is 0.583. The average Bonchev–Trinajstić information content (AvgIpc) is 2.72. The first-order valence-electron chi connectivity index (χ1n) is 6.85. The standard InChI is InChI=1S/C13H23N3O4/c1-8(2)10(11(14)19)15-12(20)16-13(7-9(17)18)5-3-4-6-13/h8,10H,3-7H2,1-2H3,(H2,14,19)(H,17,18)(H2,15,16,20). The Bertz CT molecular complexity index is 389. The highest BCUT2D eigenvalue weighted by atomic mass is 16.4. The number of amides is 3. The van der Waals surface area contributed by atoms with E-state index in [2.05, 4.69) is 10.6 Å². The maximum Gasteiger partial charge on any atom is 0.315 e. The molecule has 7 nitrogen and oxygen atoms in total. The molecule has 1 aliphatic carbocycles. The van der Waals surface area contributed by atoms with E-state index in [1.54, 1.807) is 13.8 Å². The normalized spacial score (nSPS) is 18.6. The lowest BCUT2D eigenvalue weighted by molar-refractivity contribution is -0.138. The van der Waals surface area contributed by atoms with Crippen molar-refractivity contribution in [3.05, 3.63) is 0 Å². The Morgan fingerprint density at radius 1 is 1.25 bits per heavy atom. The van der Waals surface area contributed by atoms with Gasteiger partial charge in [0.1, 0.15) is 6.04 Å². The van der Waals surface area contributed by atoms with Crippen molar-refractivity contribution in [1.82, 2.24) is 10.6 Å². The van der Waals surface area contributed by atoms with Gasteiger partial charge in [0, 0.05) is 0 Å². The second-order valence-corrected chi connectivity index (χ2v) is 5.78. The fourth-order valence-corrected chi connectivity index (χ4v) is 2.67. The Hall–Kier alpha value is -1.79. The average molecular weight is 285 g/mol. The molecule has 0 radical (unpaired) electrons. The molecule has 114 valence electrons. The first-order chi connectivity index (χ1) is 9.26. The van der Waals surface area contributed by atoms with Gasteiger partial charge in [-0.3, -0.25) is 9.59 Å². The molecule has 1 atom stereocenters. The molecule has 1 aliphatic rings. The van der Waals surface area contributed by atoms with E-state index < -0.39 is 29.5 Å². The number of rotatable bonds is 6. The van der Waals surface area contributed by atoms with Crippen LogP contribution in [0.2, 0.25) is 0 Å². The van der Waals surface area contributed by atoms with Crippen LogP contribution < -0.4 is 16.4 Å². The monoisotopic (exact) mass is 285 g/mol. The Kier molecular flexibility index (Phi) is 5.35. The van der Waals surface area contributed by atoms with Gasteiger partial charge in [-0.05, 0) is 18.8 Å². The number of primary amides is 1. The molecule has 0 aromatic heterocycles. The van der Waals surface area contributed by atoms with E-state index in [0.29, 0.717) is 12.8 Å². The lowest BCUT2D eigenvalue weighted by Gasteiger charge is -2.30. The van der Waals surface area contributed by atoms with E-state index in [0.717, 1.165) is 12.8 Å². The number of hydrogen-bond donors (Lipinski definition) is 4. The molecular formula is C13H23N3O4. The zero-order valence-electron chi connectivity index (χ0n) is 11.9. The molecule has 1 saturated carbocycles. The molecule has 0 aromatic rings. The molecule has 0 aromatic carbocycles. The van der Waals surface area contributed by atoms with Crippen molar-refractivity contribution in [3.8, 4) is 0 Å². The van der Waals surface area contributed by atoms with Crippen LogP contribution >= 0.6 is 0 Å². The summed E-state index contributed by atoms with van der Waals surface area (Å²) >= 11 is 0. The van der Waals surface area contributed by atoms with E-state index in [4.69, 9.17) is 10.8 Å². The molecule has 0 saturated heterocycles. The summed E-state index contributed by atoms with van der Waals surface area (Å²) in [4.78, 5) is 34.2. The summed E-state index contributed by atoms with van der Waals surface area (Å²) in [6.45, 7) is 3.55. The molecule has 0 aliphatic heterocycles. The van der Waals surface area contributed by atoms with Crippen LogP contribution in [0.4, 0.5) is 4.79 Å². The van der Waals surface area contributed by atoms with Gasteiger partial charge in [-0.1, -0.05) is 26.7 Å². The number of nitrogens with one attached hydrogen (secondary N) is 2. The third-order valence-electron chi connectivity index (χ3n) is 3.69. The number of hydrogen-bond acceptors (Lipinski definition) is 3. The van der Waals surface area contributed by atoms with Crippen molar-refractivity contribution in [2.45, 2.75) is 57.5 Å². The van der Waals surface area contributed by atoms with E-state index in [1.165, 1.54) is 0 Å². The maximum atomic E-state index is 12.0. The summed E-state index contributed by atoms with van der Waals surface area (Å²) in [5.41, 5.74) is 4.52. The Labute approximate surface area is 118 Å². The van der Waals surface area contributed by atoms with Crippen molar-refractivity contribution in [2.24, 2.45) is 11.7 Å². The Balaban J connectivity index is 2.67. The molecule has 1 fully saturated rings. The summed E-state index contributed by atoms with van der Waals surface area (Å²) in [6.07, 6.45) is 2.93. The predicted molar refractivity (Wildman–Crippen MR) is 72.9 cm³/mol. The molecule has 3 amide bonds. The van der Waals surface area contributed by atoms with Crippen LogP contribution in [0, 0.1) is 5.92 Å². The van der Waals surface area contributed by atoms with Gasteiger partial charge in [0.15, 0.2) is 0 Å². The fraction of sp³-hybridized carbons (Fsp3) is 0.769. The number of nitrogens with two attached hydrogens (primary N) is 1. The lowest BCUT2D eigenvalue weighted by Crippen LogP contribution is -2.57. The number of aliphatic carboxylic acids is 1. The van der Waals surface area contributed by atoms with Crippen LogP contribution in [-0.4, -0.2) is 34.6 Å². The van der Waals surface area contributed by atoms with Crippen molar-refractivity contribution in [3.63, 3.8) is 0 Å². The van der Waals surface area contributed by atoms with Gasteiger partial charge in [0.2, 0.25) is 5.91 Å². The molecule has 0 spiro atoms. The van der Waals surface area contributed by atoms with E-state index in [1.807, 2.05) is 0 Å². The first kappa shape index (κ1) is 16.3. The second kappa shape index (κ2) is 6.58. The summed E-state index contributed by atoms with van der Waals surface area (Å²) in [5.74, 6) is -1.67. The first-order valence-corrected chi connectivity index (χ1v) is 6.85. The molecule has 1 unspecified atom stereocenters. The largest absolute Gasteiger partial charge is 0.481 e. The Morgan fingerprint density at radius 3 is 2.20 bits per heavy atom. The fourth-order valence-electron chi connectivity index (χ4n) is 2.67. The van der Waals surface area contributed by atoms with Crippen LogP contribution in [0.25, 0.3) is 0 Å². The molecule has 20 heavy (non-hydrogen) atoms. The van der Waals surface area contributed by atoms with Gasteiger partial charge in [0.05, 0.1) is 12.0 Å². The number of carbonyl (C=O) groups is 3. The Morgan fingerprint density at radius 2 is 1.80 bits per heavy atom. The van der Waals surface area contributed by atoms with Gasteiger partial charge < -0.3 is 21.5 Å². The van der Waals surface area contributed by atoms with E-state index >= 15 is 0 Å². The number of carbonyl (C=O) groups excluding carboxylic acids is 2. The maximum absolute atomic E-state index is 12.0. The zero-order valence-corrected chi connectivity index (χ0v) is 11.9. The van der Waals surface area contributed by atoms with E-state index in [-0.39, 0.29) is 12.3 Å². The van der Waals surface area contributed by atoms with Crippen molar-refractivity contribution in [2.75, 3.05) is 0 Å². The van der Waals surface area contributed by atoms with Crippen LogP contribution in [0.1, 0.15) is 46.0 Å². The highest BCUT2D eigenvalue weighted by Gasteiger charge is 2.38. The molecule has 1 rings (SSSR count). The van der Waals surface area contributed by atoms with Gasteiger partial charge >= 0.3 is 12.0 Å². The minimum atomic E-state index is -0.942. The van der Waals surface area contributed by atoms with Gasteiger partial charge in [-0.2, -0.15) is 0 Å². The number of carboxylic acid groups (broad SMARTS) is 1. The molecule has 5 N–H and O–H groups in total. The zero-order chi connectivity index (χ0) is 15.3. The summed E-state index contributed by atoms with van der Waals surface area (Å²) in [6, 6.07) is -1.30. The van der Waals surface area contributed by atoms with Crippen LogP contribution in [0.15, 0.2) is 0 Å². The smallest absolute Gasteiger partial charge is 0.315 e. The third kappa shape index (κ3) is 4.40. The van der Waals surface area contributed by atoms with Crippen molar-refractivity contribution >= 4 is 17.9 Å². The van der Waals surface area contributed by atoms with Crippen molar-refractivity contribution < 1.29 is 19.5 Å². The number of urea groups is 1. The summed E-state index contributed by atoms with van der Waals surface area (Å²) < 4.78 is 0. The van der Waals surface area contributed by atoms with Crippen LogP contribution in [0.5, 0.6) is 0 Å². The summed E-state index contributed by atoms with van der Waals surface area (Å²) in [5, 5.41) is 14.2. The highest BCUT2D eigenvalue weighted by Crippen LogP contribution is 2.32. The SMILES string of the molecule is CC(C)C(NC(=O)NC1(CC(=O)O)CCCC1)C(N)=O. The van der Waals surface area contributed by atoms with Gasteiger partial charge in [-0.25, -0.2) is 4.79 Å². The van der Waals surface area contributed by atoms with E-state index in [9.17, 15) is 14.4 Å². The quantitative estimate of drug-likeness (QED) is 0.570. The van der Waals surface area contributed by atoms with Gasteiger partial charge in [0.25, 0.3) is 0 Å². The molecular weight excluding hydrogens is 262 g/mol. The summed E-state index contributed by atoms with van der Waals surface area (Å²) in [7, 11) is 0. The lowest BCUT2D eigenvalue weighted by atomic mass is 9.93. The topological polar surface area (TPSA) is 122 Å². The van der Waals surface area contributed by atoms with Gasteiger partial charge in [-0.15, -0.1) is 0 Å². The number of carboxylic acids is 1. The molecule has 0 bridgehead atoms. The third-order valence-corrected chi connectivity index (χ3v) is 3.69. The molecule has 7 heteroatoms. The minimum absolute atomic E-state index is 0.108. The molecule has 0 heterocycles. The second-order valence-electron chi connectivity index (χ2n) is 5.78. The van der Waals surface area contributed by atoms with Crippen LogP contribution in [-0.2, 0) is 9.59 Å².